The minimum absolute atomic E-state index is 0.644. The van der Waals surface area contributed by atoms with Gasteiger partial charge in [0, 0.05) is 84.0 Å². The number of rotatable bonds is 16. The zero-order valence-electron chi connectivity index (χ0n) is 76.1. The lowest BCUT2D eigenvalue weighted by Crippen LogP contribution is -2.09. The summed E-state index contributed by atoms with van der Waals surface area (Å²) in [4.78, 5) is 22.1. The SMILES string of the molecule is c1ccc(-c2ccc(N(c3ccc(-c4ccccc4)cc3)c3ccc4c(ccc5ccc6sc(-c7ccccc7)nc6c54)c3)cc2)cc1.c1ccc(-c2nc3c(ccc4ccc5cc(-c6ccc(N(c7ccccc7)c7ccc8ccccc8c7)cc6)ccc5c43)s2)cc1.c1ccc(-c2nc3ccc4ccc5cc(-c6ccc(N(c7ccccc7)c7ccc8ccccc8c7)cc6)ccc5c4c3o2)cc1. The normalized spacial score (nSPS) is 11.4. The zero-order valence-corrected chi connectivity index (χ0v) is 77.7. The van der Waals surface area contributed by atoms with Gasteiger partial charge in [0.2, 0.25) is 5.89 Å². The fourth-order valence-corrected chi connectivity index (χ4v) is 21.8. The molecule has 27 rings (SSSR count). The van der Waals surface area contributed by atoms with Crippen LogP contribution in [0, 0.1) is 0 Å². The van der Waals surface area contributed by atoms with Crippen molar-refractivity contribution in [3.05, 3.63) is 522 Å². The number of oxazole rings is 1. The Hall–Kier alpha value is -18.0. The molecule has 0 spiro atoms. The minimum Gasteiger partial charge on any atom is -0.435 e. The third-order valence-corrected chi connectivity index (χ3v) is 28.9. The Kier molecular flexibility index (Phi) is 22.0. The number of aromatic nitrogens is 3. The summed E-state index contributed by atoms with van der Waals surface area (Å²) >= 11 is 3.52. The van der Waals surface area contributed by atoms with Gasteiger partial charge in [0.25, 0.3) is 0 Å². The van der Waals surface area contributed by atoms with E-state index in [4.69, 9.17) is 19.4 Å². The Morgan fingerprint density at radius 3 is 0.843 bits per heavy atom. The molecule has 0 radical (unpaired) electrons. The molecule has 0 aliphatic heterocycles. The summed E-state index contributed by atoms with van der Waals surface area (Å²) in [7, 11) is 0. The van der Waals surface area contributed by atoms with Crippen LogP contribution in [0.4, 0.5) is 51.2 Å². The highest BCUT2D eigenvalue weighted by Gasteiger charge is 2.23. The van der Waals surface area contributed by atoms with Crippen LogP contribution in [0.1, 0.15) is 0 Å². The van der Waals surface area contributed by atoms with Crippen molar-refractivity contribution in [1.29, 1.82) is 0 Å². The van der Waals surface area contributed by atoms with Gasteiger partial charge in [-0.1, -0.05) is 370 Å². The second kappa shape index (κ2) is 36.7. The Bertz CT molecular complexity index is 8830. The molecule has 0 aliphatic carbocycles. The first-order chi connectivity index (χ1) is 69.3. The fourth-order valence-electron chi connectivity index (χ4n) is 19.8. The van der Waals surface area contributed by atoms with E-state index >= 15 is 0 Å². The summed E-state index contributed by atoms with van der Waals surface area (Å²) in [5, 5.41) is 21.3. The lowest BCUT2D eigenvalue weighted by molar-refractivity contribution is 0.623. The van der Waals surface area contributed by atoms with Crippen molar-refractivity contribution in [3.8, 4) is 77.1 Å². The number of para-hydroxylation sites is 2. The Balaban J connectivity index is 0.000000111. The van der Waals surface area contributed by atoms with Gasteiger partial charge in [-0.15, -0.1) is 22.7 Å². The number of anilines is 9. The van der Waals surface area contributed by atoms with Crippen LogP contribution in [0.5, 0.6) is 0 Å². The summed E-state index contributed by atoms with van der Waals surface area (Å²) in [5.41, 5.74) is 26.8. The van der Waals surface area contributed by atoms with Gasteiger partial charge >= 0.3 is 0 Å². The van der Waals surface area contributed by atoms with E-state index in [1.54, 1.807) is 22.7 Å². The van der Waals surface area contributed by atoms with E-state index in [1.165, 1.54) is 124 Å². The van der Waals surface area contributed by atoms with Gasteiger partial charge in [-0.3, -0.25) is 0 Å². The third kappa shape index (κ3) is 16.3. The molecule has 0 aliphatic rings. The molecule has 27 aromatic rings. The van der Waals surface area contributed by atoms with Gasteiger partial charge < -0.3 is 19.1 Å². The number of fused-ring (bicyclic) bond motifs is 17. The summed E-state index contributed by atoms with van der Waals surface area (Å²) in [6.07, 6.45) is 0. The first-order valence-corrected chi connectivity index (χ1v) is 48.9. The van der Waals surface area contributed by atoms with Crippen molar-refractivity contribution in [1.82, 2.24) is 15.0 Å². The maximum atomic E-state index is 6.41. The van der Waals surface area contributed by atoms with Gasteiger partial charge in [0.05, 0.1) is 20.4 Å². The van der Waals surface area contributed by atoms with Crippen molar-refractivity contribution in [2.75, 3.05) is 14.7 Å². The monoisotopic (exact) mass is 1820 g/mol. The van der Waals surface area contributed by atoms with E-state index in [9.17, 15) is 0 Å². The van der Waals surface area contributed by atoms with Gasteiger partial charge in [-0.05, 0) is 266 Å². The molecule has 9 heteroatoms. The van der Waals surface area contributed by atoms with Crippen LogP contribution in [0.2, 0.25) is 0 Å². The fraction of sp³-hybridized carbons (Fsp3) is 0. The highest BCUT2D eigenvalue weighted by atomic mass is 32.1. The molecule has 0 amide bonds. The number of hydrogen-bond acceptors (Lipinski definition) is 9. The second-order valence-corrected chi connectivity index (χ2v) is 37.4. The number of thiazole rings is 2. The van der Waals surface area contributed by atoms with Crippen LogP contribution in [-0.2, 0) is 0 Å². The summed E-state index contributed by atoms with van der Waals surface area (Å²) < 4.78 is 8.83. The van der Waals surface area contributed by atoms with Crippen LogP contribution < -0.4 is 14.7 Å². The molecule has 3 aromatic heterocycles. The molecule has 0 fully saturated rings. The van der Waals surface area contributed by atoms with E-state index < -0.39 is 0 Å². The summed E-state index contributed by atoms with van der Waals surface area (Å²) in [6, 6.07) is 186. The van der Waals surface area contributed by atoms with E-state index in [2.05, 4.69) is 500 Å². The molecule has 7 nitrogen and oxygen atoms in total. The quantitative estimate of drug-likeness (QED) is 0.0893. The zero-order chi connectivity index (χ0) is 92.8. The summed E-state index contributed by atoms with van der Waals surface area (Å²) in [5.74, 6) is 0.644. The number of benzene rings is 24. The van der Waals surface area contributed by atoms with Crippen LogP contribution in [0.15, 0.2) is 526 Å². The summed E-state index contributed by atoms with van der Waals surface area (Å²) in [6.45, 7) is 0. The van der Waals surface area contributed by atoms with Gasteiger partial charge in [-0.2, -0.15) is 0 Å². The lowest BCUT2D eigenvalue weighted by Gasteiger charge is -2.26. The topological polar surface area (TPSA) is 61.5 Å². The molecule has 0 bridgehead atoms. The van der Waals surface area contributed by atoms with Gasteiger partial charge in [-0.25, -0.2) is 15.0 Å². The smallest absolute Gasteiger partial charge is 0.227 e. The second-order valence-electron chi connectivity index (χ2n) is 35.3. The van der Waals surface area contributed by atoms with Crippen LogP contribution >= 0.6 is 22.7 Å². The van der Waals surface area contributed by atoms with E-state index in [0.29, 0.717) is 5.89 Å². The average molecular weight is 1820 g/mol. The molecule has 0 N–H and O–H groups in total. The standard InChI is InChI=1S/C45H30N2S.C43H28N2O.C43H28N2S/c1-4-10-31(11-5-1)33-18-23-38(24-19-33)47(39-25-20-34(21-26-39)32-12-6-2-7-13-32)40-27-28-41-37(30-40)17-16-35-22-29-42-44(43(35)41)46-45(48-42)36-14-8-3-9-15-36;1-3-10-32(11-4-1)43-44-40-26-21-31-15-16-35-27-34(20-25-39(35)41(31)42(40)46-43)30-17-22-37(23-18-30)45(36-13-5-2-6-14-36)38-24-19-29-9-7-8-12-33(29)28-38;1-3-10-32(11-4-1)43-44-42-40(46-43)26-21-31-15-16-35-27-34(20-25-39(35)41(31)42)30-17-22-37(23-18-30)45(36-13-5-2-6-14-36)38-24-19-29-9-7-8-12-33(29)28-38/h1-30H;2*1-28H. The molecule has 3 heterocycles. The maximum absolute atomic E-state index is 6.41. The van der Waals surface area contributed by atoms with Crippen molar-refractivity contribution in [2.45, 2.75) is 0 Å². The van der Waals surface area contributed by atoms with Crippen molar-refractivity contribution < 1.29 is 4.42 Å². The van der Waals surface area contributed by atoms with Crippen LogP contribution in [0.3, 0.4) is 0 Å². The van der Waals surface area contributed by atoms with Gasteiger partial charge in [0.1, 0.15) is 15.5 Å². The number of hydrogen-bond donors (Lipinski definition) is 0. The Morgan fingerprint density at radius 2 is 0.436 bits per heavy atom. The highest BCUT2D eigenvalue weighted by Crippen LogP contribution is 2.47. The molecule has 24 aromatic carbocycles. The maximum Gasteiger partial charge on any atom is 0.227 e. The first kappa shape index (κ1) is 83.8. The number of nitrogens with zero attached hydrogens (tertiary/aromatic N) is 6. The van der Waals surface area contributed by atoms with Crippen molar-refractivity contribution in [3.63, 3.8) is 0 Å². The predicted molar refractivity (Wildman–Crippen MR) is 595 cm³/mol. The van der Waals surface area contributed by atoms with Crippen LogP contribution in [-0.4, -0.2) is 15.0 Å². The van der Waals surface area contributed by atoms with Gasteiger partial charge in [0.15, 0.2) is 5.58 Å². The average Bonchev–Trinajstić information content (AvgIpc) is 1.53. The van der Waals surface area contributed by atoms with E-state index in [1.807, 2.05) is 36.4 Å². The molecule has 0 saturated heterocycles. The Morgan fingerprint density at radius 1 is 0.171 bits per heavy atom. The minimum atomic E-state index is 0.644. The lowest BCUT2D eigenvalue weighted by atomic mass is 9.96. The van der Waals surface area contributed by atoms with E-state index in [0.717, 1.165) is 116 Å². The molecule has 0 saturated carbocycles. The largest absolute Gasteiger partial charge is 0.435 e. The first-order valence-electron chi connectivity index (χ1n) is 47.3. The molecule has 658 valence electrons. The van der Waals surface area contributed by atoms with Crippen LogP contribution in [0.25, 0.3) is 195 Å². The molecular weight excluding hydrogens is 1740 g/mol. The predicted octanol–water partition coefficient (Wildman–Crippen LogP) is 37.7. The van der Waals surface area contributed by atoms with Crippen molar-refractivity contribution in [2.24, 2.45) is 0 Å². The third-order valence-electron chi connectivity index (χ3n) is 26.8. The molecule has 140 heavy (non-hydrogen) atoms. The van der Waals surface area contributed by atoms with Crippen molar-refractivity contribution >= 4 is 192 Å². The molecule has 0 unspecified atom stereocenters. The Labute approximate surface area is 818 Å². The molecular formula is C131H86N6OS2. The molecule has 0 atom stereocenters. The van der Waals surface area contributed by atoms with E-state index in [-0.39, 0.29) is 0 Å². The highest BCUT2D eigenvalue weighted by molar-refractivity contribution is 7.22.